The quantitative estimate of drug-likeness (QED) is 0.669. The van der Waals surface area contributed by atoms with E-state index in [4.69, 9.17) is 4.74 Å². The lowest BCUT2D eigenvalue weighted by Gasteiger charge is -2.56. The van der Waals surface area contributed by atoms with Gasteiger partial charge in [-0.25, -0.2) is 9.97 Å². The summed E-state index contributed by atoms with van der Waals surface area (Å²) in [5.74, 6) is 0.332. The molecular formula is C30H35N3O3. The molecule has 1 saturated carbocycles. The van der Waals surface area contributed by atoms with Crippen molar-refractivity contribution in [1.82, 2.24) is 14.9 Å². The van der Waals surface area contributed by atoms with Gasteiger partial charge in [-0.1, -0.05) is 36.8 Å². The lowest BCUT2D eigenvalue weighted by atomic mass is 9.56. The first-order valence-electron chi connectivity index (χ1n) is 13.2. The number of allylic oxidation sites excluding steroid dienone is 3. The first-order valence-corrected chi connectivity index (χ1v) is 13.2. The Balaban J connectivity index is 1.33. The fraction of sp³-hybridized carbons (Fsp3) is 0.533. The van der Waals surface area contributed by atoms with Gasteiger partial charge in [-0.15, -0.1) is 0 Å². The number of nitrogens with zero attached hydrogens (tertiary/aromatic N) is 3. The van der Waals surface area contributed by atoms with Gasteiger partial charge in [0.15, 0.2) is 0 Å². The maximum absolute atomic E-state index is 11.2. The molecule has 3 aliphatic carbocycles. The van der Waals surface area contributed by atoms with Gasteiger partial charge in [-0.2, -0.15) is 0 Å². The second kappa shape index (κ2) is 7.35. The molecule has 188 valence electrons. The number of aliphatic hydroxyl groups excluding tert-OH is 2. The number of hydrogen-bond donors (Lipinski definition) is 2. The Morgan fingerprint density at radius 2 is 2.00 bits per heavy atom. The predicted octanol–water partition coefficient (Wildman–Crippen LogP) is 4.04. The molecule has 7 rings (SSSR count). The predicted molar refractivity (Wildman–Crippen MR) is 139 cm³/mol. The van der Waals surface area contributed by atoms with Crippen molar-refractivity contribution in [3.8, 4) is 0 Å². The molecule has 5 aliphatic rings. The molecule has 36 heavy (non-hydrogen) atoms. The standard InChI is InChI=1S/C30H35N3O3/c1-17-13-28(2)20(18-5-6-19-15-31-16-32-23(19)11-18)7-8-25(28)30-10-9-29(36-30)14-24(33(3)4)27(35)26(34)22(29)12-21(17)30/h5-7,11-12,15-16,24-27,34-35H,8-10,13-14H2,1-4H3. The summed E-state index contributed by atoms with van der Waals surface area (Å²) in [7, 11) is 3.96. The normalized spacial score (nSPS) is 41.2. The zero-order valence-electron chi connectivity index (χ0n) is 21.5. The lowest BCUT2D eigenvalue weighted by molar-refractivity contribution is -0.162. The molecule has 1 aromatic heterocycles. The minimum absolute atomic E-state index is 0.0427. The van der Waals surface area contributed by atoms with Gasteiger partial charge in [-0.3, -0.25) is 0 Å². The van der Waals surface area contributed by atoms with Crippen molar-refractivity contribution in [2.75, 3.05) is 14.1 Å². The first-order chi connectivity index (χ1) is 17.2. The Labute approximate surface area is 212 Å². The van der Waals surface area contributed by atoms with E-state index in [1.54, 1.807) is 6.33 Å². The Kier molecular flexibility index (Phi) is 4.65. The third kappa shape index (κ3) is 2.76. The average Bonchev–Trinajstić information content (AvgIpc) is 3.36. The molecule has 6 heteroatoms. The van der Waals surface area contributed by atoms with Crippen LogP contribution in [-0.4, -0.2) is 68.6 Å². The summed E-state index contributed by atoms with van der Waals surface area (Å²) in [6.45, 7) is 4.66. The molecule has 2 aliphatic heterocycles. The summed E-state index contributed by atoms with van der Waals surface area (Å²) in [6.07, 6.45) is 10.9. The van der Waals surface area contributed by atoms with Gasteiger partial charge in [0.1, 0.15) is 12.4 Å². The van der Waals surface area contributed by atoms with Crippen LogP contribution in [0.3, 0.4) is 0 Å². The van der Waals surface area contributed by atoms with Gasteiger partial charge < -0.3 is 19.8 Å². The Morgan fingerprint density at radius 3 is 2.81 bits per heavy atom. The van der Waals surface area contributed by atoms with Gasteiger partial charge in [0, 0.05) is 29.0 Å². The molecule has 7 atom stereocenters. The van der Waals surface area contributed by atoms with E-state index in [2.05, 4.69) is 54.2 Å². The Bertz CT molecular complexity index is 1380. The lowest BCUT2D eigenvalue weighted by Crippen LogP contribution is -2.62. The zero-order chi connectivity index (χ0) is 25.0. The van der Waals surface area contributed by atoms with Crippen molar-refractivity contribution in [2.45, 2.75) is 75.4 Å². The van der Waals surface area contributed by atoms with E-state index in [0.717, 1.165) is 42.2 Å². The van der Waals surface area contributed by atoms with E-state index in [-0.39, 0.29) is 17.1 Å². The van der Waals surface area contributed by atoms with Crippen molar-refractivity contribution in [1.29, 1.82) is 0 Å². The maximum atomic E-state index is 11.2. The number of fused-ring (bicyclic) bond motifs is 2. The van der Waals surface area contributed by atoms with E-state index in [1.807, 2.05) is 25.2 Å². The van der Waals surface area contributed by atoms with E-state index in [1.165, 1.54) is 22.3 Å². The molecule has 2 N–H and O–H groups in total. The van der Waals surface area contributed by atoms with Crippen LogP contribution in [0.5, 0.6) is 0 Å². The number of aliphatic hydroxyl groups is 2. The molecule has 3 heterocycles. The van der Waals surface area contributed by atoms with Crippen molar-refractivity contribution >= 4 is 16.5 Å². The molecule has 2 bridgehead atoms. The average molecular weight is 486 g/mol. The molecule has 0 radical (unpaired) electrons. The number of aromatic nitrogens is 2. The van der Waals surface area contributed by atoms with E-state index >= 15 is 0 Å². The largest absolute Gasteiger partial charge is 0.388 e. The van der Waals surface area contributed by atoms with Gasteiger partial charge in [0.05, 0.1) is 22.8 Å². The summed E-state index contributed by atoms with van der Waals surface area (Å²) in [6, 6.07) is 6.42. The minimum atomic E-state index is -0.896. The van der Waals surface area contributed by atoms with Crippen LogP contribution in [0.1, 0.15) is 51.5 Å². The molecule has 1 aromatic carbocycles. The number of ether oxygens (including phenoxy) is 1. The van der Waals surface area contributed by atoms with Crippen molar-refractivity contribution in [2.24, 2.45) is 11.3 Å². The van der Waals surface area contributed by atoms with Crippen LogP contribution in [0.15, 0.2) is 59.6 Å². The molecule has 1 saturated heterocycles. The smallest absolute Gasteiger partial charge is 0.116 e. The van der Waals surface area contributed by atoms with Crippen LogP contribution >= 0.6 is 0 Å². The van der Waals surface area contributed by atoms with Crippen LogP contribution in [0.4, 0.5) is 0 Å². The minimum Gasteiger partial charge on any atom is -0.388 e. The molecule has 2 spiro atoms. The number of hydrogen-bond acceptors (Lipinski definition) is 6. The molecule has 2 aromatic rings. The molecule has 7 unspecified atom stereocenters. The van der Waals surface area contributed by atoms with E-state index in [9.17, 15) is 10.2 Å². The molecule has 6 nitrogen and oxygen atoms in total. The fourth-order valence-electron chi connectivity index (χ4n) is 8.59. The molecule has 2 fully saturated rings. The van der Waals surface area contributed by atoms with Gasteiger partial charge in [0.25, 0.3) is 0 Å². The number of benzene rings is 1. The van der Waals surface area contributed by atoms with Crippen LogP contribution in [0.25, 0.3) is 16.5 Å². The van der Waals surface area contributed by atoms with Crippen molar-refractivity contribution in [3.63, 3.8) is 0 Å². The summed E-state index contributed by atoms with van der Waals surface area (Å²) in [5.41, 5.74) is 6.19. The number of likely N-dealkylation sites (N-methyl/N-ethyl adjacent to an activating group) is 1. The monoisotopic (exact) mass is 485 g/mol. The highest BCUT2D eigenvalue weighted by molar-refractivity contribution is 5.84. The second-order valence-corrected chi connectivity index (χ2v) is 12.2. The maximum Gasteiger partial charge on any atom is 0.116 e. The highest BCUT2D eigenvalue weighted by Gasteiger charge is 2.68. The third-order valence-electron chi connectivity index (χ3n) is 10.2. The Hall–Kier alpha value is -2.38. The zero-order valence-corrected chi connectivity index (χ0v) is 21.5. The van der Waals surface area contributed by atoms with Crippen molar-refractivity contribution < 1.29 is 14.9 Å². The van der Waals surface area contributed by atoms with Crippen LogP contribution < -0.4 is 0 Å². The van der Waals surface area contributed by atoms with Crippen molar-refractivity contribution in [3.05, 3.63) is 65.2 Å². The second-order valence-electron chi connectivity index (χ2n) is 12.2. The van der Waals surface area contributed by atoms with Crippen LogP contribution in [0, 0.1) is 11.3 Å². The van der Waals surface area contributed by atoms with Crippen LogP contribution in [-0.2, 0) is 4.74 Å². The van der Waals surface area contributed by atoms with Gasteiger partial charge in [-0.05, 0) is 81.5 Å². The molecular weight excluding hydrogens is 450 g/mol. The topological polar surface area (TPSA) is 78.7 Å². The van der Waals surface area contributed by atoms with E-state index < -0.39 is 17.8 Å². The number of rotatable bonds is 2. The first kappa shape index (κ1) is 22.8. The highest BCUT2D eigenvalue weighted by atomic mass is 16.5. The summed E-state index contributed by atoms with van der Waals surface area (Å²) in [5, 5.41) is 23.2. The van der Waals surface area contributed by atoms with Gasteiger partial charge >= 0.3 is 0 Å². The Morgan fingerprint density at radius 1 is 1.17 bits per heavy atom. The highest BCUT2D eigenvalue weighted by Crippen LogP contribution is 2.69. The fourth-order valence-corrected chi connectivity index (χ4v) is 8.59. The third-order valence-corrected chi connectivity index (χ3v) is 10.2. The SMILES string of the molecule is CC1=C2C=C3C(O)C(O)C(N(C)C)CC34CCC2(O4)C2CC=C(c3ccc4cncnc4c3)C2(C)C1. The summed E-state index contributed by atoms with van der Waals surface area (Å²) < 4.78 is 7.31. The van der Waals surface area contributed by atoms with Crippen LogP contribution in [0.2, 0.25) is 0 Å². The van der Waals surface area contributed by atoms with Gasteiger partial charge in [0.2, 0.25) is 0 Å². The molecule has 0 amide bonds. The van der Waals surface area contributed by atoms with E-state index in [0.29, 0.717) is 12.3 Å². The summed E-state index contributed by atoms with van der Waals surface area (Å²) in [4.78, 5) is 10.7. The summed E-state index contributed by atoms with van der Waals surface area (Å²) >= 11 is 0.